The molecule has 0 saturated carbocycles. The smallest absolute Gasteiger partial charge is 0.173 e. The first kappa shape index (κ1) is 30.9. The van der Waals surface area contributed by atoms with Crippen LogP contribution in [0.3, 0.4) is 0 Å². The van der Waals surface area contributed by atoms with E-state index in [0.717, 1.165) is 99.1 Å². The van der Waals surface area contributed by atoms with Crippen LogP contribution in [0.15, 0.2) is 160 Å². The van der Waals surface area contributed by atoms with Gasteiger partial charge in [0.1, 0.15) is 22.6 Å². The fraction of sp³-hybridized carbons (Fsp3) is 0.0200. The quantitative estimate of drug-likeness (QED) is 0.182. The maximum atomic E-state index is 15.8. The van der Waals surface area contributed by atoms with Crippen LogP contribution in [0.2, 0.25) is 0 Å². The summed E-state index contributed by atoms with van der Waals surface area (Å²) in [5, 5.41) is 15.7. The third-order valence-electron chi connectivity index (χ3n) is 11.6. The first-order valence-electron chi connectivity index (χ1n) is 18.5. The number of fused-ring (bicyclic) bond motifs is 14. The van der Waals surface area contributed by atoms with Crippen LogP contribution >= 0.6 is 0 Å². The van der Waals surface area contributed by atoms with Gasteiger partial charge in [-0.2, -0.15) is 5.26 Å². The number of hydrogen-bond donors (Lipinski definition) is 0. The van der Waals surface area contributed by atoms with Crippen LogP contribution in [0.1, 0.15) is 28.2 Å². The molecule has 1 aliphatic carbocycles. The van der Waals surface area contributed by atoms with Crippen LogP contribution in [-0.2, 0) is 0 Å². The second-order valence-electron chi connectivity index (χ2n) is 14.6. The van der Waals surface area contributed by atoms with E-state index in [-0.39, 0.29) is 17.3 Å². The summed E-state index contributed by atoms with van der Waals surface area (Å²) >= 11 is 0. The third-order valence-corrected chi connectivity index (χ3v) is 11.6. The highest BCUT2D eigenvalue weighted by atomic mass is 19.1. The minimum atomic E-state index is -0.403. The molecule has 0 amide bonds. The average molecular weight is 725 g/mol. The van der Waals surface area contributed by atoms with Crippen molar-refractivity contribution in [1.82, 2.24) is 4.57 Å². The molecule has 0 saturated heterocycles. The molecule has 0 radical (unpaired) electrons. The van der Waals surface area contributed by atoms with Crippen LogP contribution in [-0.4, -0.2) is 4.57 Å². The Morgan fingerprint density at radius 2 is 1.34 bits per heavy atom. The molecule has 0 aliphatic heterocycles. The van der Waals surface area contributed by atoms with Gasteiger partial charge in [0.15, 0.2) is 11.4 Å². The third kappa shape index (κ3) is 4.20. The van der Waals surface area contributed by atoms with E-state index < -0.39 is 5.82 Å². The minimum absolute atomic E-state index is 0.224. The molecule has 8 aromatic carbocycles. The number of nitriles is 1. The Bertz CT molecular complexity index is 3540. The zero-order valence-electron chi connectivity index (χ0n) is 29.5. The Balaban J connectivity index is 1.10. The lowest BCUT2D eigenvalue weighted by Gasteiger charge is -2.18. The minimum Gasteiger partial charge on any atom is -0.456 e. The van der Waals surface area contributed by atoms with Crippen LogP contribution in [0, 0.1) is 23.0 Å². The topological polar surface area (TPSA) is 55.0 Å². The van der Waals surface area contributed by atoms with E-state index >= 15 is 4.39 Å². The van der Waals surface area contributed by atoms with Crippen molar-refractivity contribution in [1.29, 1.82) is 5.26 Å². The molecule has 4 nitrogen and oxygen atoms in total. The largest absolute Gasteiger partial charge is 0.456 e. The molecule has 12 rings (SSSR count). The van der Waals surface area contributed by atoms with E-state index in [9.17, 15) is 9.65 Å². The maximum Gasteiger partial charge on any atom is 0.173 e. The number of benzene rings is 8. The number of hydrogen-bond acceptors (Lipinski definition) is 3. The van der Waals surface area contributed by atoms with Gasteiger partial charge < -0.3 is 13.4 Å². The SMILES string of the molecule is N#Cc1cc(-c2cccc(-n3c4ccccc4c4cc(F)c5oc6ccccc6c5c43)c2)cc(C2c3ccc(F)cc3-c3ccc4oc5ccccc5c4c32)c1. The molecule has 11 aromatic rings. The van der Waals surface area contributed by atoms with Gasteiger partial charge in [0.2, 0.25) is 0 Å². The first-order valence-corrected chi connectivity index (χ1v) is 18.5. The number of aromatic nitrogens is 1. The second kappa shape index (κ2) is 11.3. The molecule has 0 N–H and O–H groups in total. The van der Waals surface area contributed by atoms with Crippen LogP contribution in [0.5, 0.6) is 0 Å². The molecule has 262 valence electrons. The van der Waals surface area contributed by atoms with Crippen molar-refractivity contribution >= 4 is 65.7 Å². The molecule has 0 bridgehead atoms. The molecule has 1 atom stereocenters. The summed E-state index contributed by atoms with van der Waals surface area (Å²) in [7, 11) is 0. The van der Waals surface area contributed by atoms with E-state index in [0.29, 0.717) is 11.1 Å². The van der Waals surface area contributed by atoms with Crippen molar-refractivity contribution in [3.8, 4) is 34.0 Å². The van der Waals surface area contributed by atoms with Gasteiger partial charge in [-0.15, -0.1) is 0 Å². The first-order chi connectivity index (χ1) is 27.5. The summed E-state index contributed by atoms with van der Waals surface area (Å²) in [4.78, 5) is 0. The van der Waals surface area contributed by atoms with E-state index in [1.165, 1.54) is 6.07 Å². The molecular weight excluding hydrogens is 699 g/mol. The number of nitrogens with zero attached hydrogens (tertiary/aromatic N) is 2. The van der Waals surface area contributed by atoms with Gasteiger partial charge >= 0.3 is 0 Å². The van der Waals surface area contributed by atoms with Crippen molar-refractivity contribution in [2.24, 2.45) is 0 Å². The van der Waals surface area contributed by atoms with E-state index in [4.69, 9.17) is 8.83 Å². The summed E-state index contributed by atoms with van der Waals surface area (Å²) in [5.41, 5.74) is 12.1. The van der Waals surface area contributed by atoms with E-state index in [2.05, 4.69) is 41.0 Å². The van der Waals surface area contributed by atoms with Crippen molar-refractivity contribution in [2.45, 2.75) is 5.92 Å². The Kier molecular flexibility index (Phi) is 6.22. The highest BCUT2D eigenvalue weighted by Gasteiger charge is 2.34. The summed E-state index contributed by atoms with van der Waals surface area (Å²) in [5.74, 6) is -0.987. The maximum absolute atomic E-state index is 15.8. The van der Waals surface area contributed by atoms with Crippen molar-refractivity contribution < 1.29 is 17.6 Å². The highest BCUT2D eigenvalue weighted by molar-refractivity contribution is 6.24. The molecule has 56 heavy (non-hydrogen) atoms. The normalized spacial score (nSPS) is 13.7. The summed E-state index contributed by atoms with van der Waals surface area (Å²) in [6.07, 6.45) is 0. The van der Waals surface area contributed by atoms with Crippen LogP contribution in [0.4, 0.5) is 8.78 Å². The van der Waals surface area contributed by atoms with Gasteiger partial charge in [0.25, 0.3) is 0 Å². The van der Waals surface area contributed by atoms with Crippen LogP contribution < -0.4 is 0 Å². The van der Waals surface area contributed by atoms with Crippen LogP contribution in [0.25, 0.3) is 93.6 Å². The number of rotatable bonds is 3. The predicted molar refractivity (Wildman–Crippen MR) is 218 cm³/mol. The summed E-state index contributed by atoms with van der Waals surface area (Å²) in [6.45, 7) is 0. The molecule has 1 unspecified atom stereocenters. The molecular formula is C50H26F2N2O2. The lowest BCUT2D eigenvalue weighted by atomic mass is 9.85. The Morgan fingerprint density at radius 3 is 2.18 bits per heavy atom. The molecule has 6 heteroatoms. The van der Waals surface area contributed by atoms with Crippen molar-refractivity contribution in [3.05, 3.63) is 186 Å². The van der Waals surface area contributed by atoms with Gasteiger partial charge in [-0.25, -0.2) is 8.78 Å². The van der Waals surface area contributed by atoms with Gasteiger partial charge in [0.05, 0.1) is 28.1 Å². The molecule has 3 aromatic heterocycles. The number of halogens is 2. The van der Waals surface area contributed by atoms with E-state index in [1.807, 2.05) is 103 Å². The lowest BCUT2D eigenvalue weighted by Crippen LogP contribution is -2.02. The monoisotopic (exact) mass is 724 g/mol. The van der Waals surface area contributed by atoms with Crippen molar-refractivity contribution in [2.75, 3.05) is 0 Å². The standard InChI is InChI=1S/C50H26F2N2O2/c51-31-16-17-34-38(24-31)35-18-19-44-46(36-11-2-5-14-42(36)55-44)47(35)45(34)30-21-27(26-53)20-29(22-30)28-8-7-9-32(23-28)54-41-13-4-1-10-33(41)39-25-40(52)50-48(49(39)54)37-12-3-6-15-43(37)56-50/h1-25,45H. The molecule has 0 fully saturated rings. The van der Waals surface area contributed by atoms with Gasteiger partial charge in [-0.1, -0.05) is 84.9 Å². The fourth-order valence-electron chi connectivity index (χ4n) is 9.33. The fourth-order valence-corrected chi connectivity index (χ4v) is 9.33. The summed E-state index contributed by atoms with van der Waals surface area (Å²) < 4.78 is 45.4. The predicted octanol–water partition coefficient (Wildman–Crippen LogP) is 13.6. The summed E-state index contributed by atoms with van der Waals surface area (Å²) in [6, 6.07) is 51.0. The van der Waals surface area contributed by atoms with Crippen molar-refractivity contribution in [3.63, 3.8) is 0 Å². The van der Waals surface area contributed by atoms with E-state index in [1.54, 1.807) is 12.1 Å². The Labute approximate surface area is 317 Å². The number of furan rings is 2. The van der Waals surface area contributed by atoms with Gasteiger partial charge in [-0.05, 0) is 106 Å². The second-order valence-corrected chi connectivity index (χ2v) is 14.6. The Morgan fingerprint density at radius 1 is 0.571 bits per heavy atom. The lowest BCUT2D eigenvalue weighted by molar-refractivity contribution is 0.585. The zero-order valence-corrected chi connectivity index (χ0v) is 29.5. The molecule has 1 aliphatic rings. The van der Waals surface area contributed by atoms with Gasteiger partial charge in [0, 0.05) is 38.5 Å². The average Bonchev–Trinajstić information content (AvgIpc) is 3.98. The zero-order chi connectivity index (χ0) is 37.2. The number of para-hydroxylation sites is 3. The highest BCUT2D eigenvalue weighted by Crippen LogP contribution is 2.53. The van der Waals surface area contributed by atoms with Gasteiger partial charge in [-0.3, -0.25) is 0 Å². The molecule has 0 spiro atoms. The molecule has 3 heterocycles. The Hall–Kier alpha value is -7.49.